The first-order valence-corrected chi connectivity index (χ1v) is 12.8. The van der Waals surface area contributed by atoms with Crippen molar-refractivity contribution in [2.45, 2.75) is 63.4 Å². The Morgan fingerprint density at radius 3 is 2.65 bits per heavy atom. The van der Waals surface area contributed by atoms with Crippen LogP contribution in [0.25, 0.3) is 0 Å². The van der Waals surface area contributed by atoms with Gasteiger partial charge < -0.3 is 14.7 Å². The van der Waals surface area contributed by atoms with Crippen LogP contribution in [-0.2, 0) is 4.79 Å². The van der Waals surface area contributed by atoms with Crippen molar-refractivity contribution >= 4 is 5.78 Å². The summed E-state index contributed by atoms with van der Waals surface area (Å²) in [6, 6.07) is 8.54. The normalized spacial score (nSPS) is 34.8. The number of aliphatic hydroxyl groups is 1. The Morgan fingerprint density at radius 2 is 1.94 bits per heavy atom. The third kappa shape index (κ3) is 3.74. The summed E-state index contributed by atoms with van der Waals surface area (Å²) in [5, 5.41) is 11.5. The van der Waals surface area contributed by atoms with E-state index in [-0.39, 0.29) is 17.1 Å². The number of rotatable bonds is 5. The van der Waals surface area contributed by atoms with Crippen molar-refractivity contribution in [2.75, 3.05) is 27.2 Å². The summed E-state index contributed by atoms with van der Waals surface area (Å²) in [4.78, 5) is 14.3. The topological polar surface area (TPSA) is 49.8 Å². The number of likely N-dealkylation sites (N-methyl/N-ethyl adjacent to an activating group) is 1. The number of fused-ring (bicyclic) bond motifs is 4. The molecular formula is C30H37NO3. The van der Waals surface area contributed by atoms with Gasteiger partial charge in [0, 0.05) is 24.3 Å². The molecule has 0 radical (unpaired) electrons. The van der Waals surface area contributed by atoms with Gasteiger partial charge in [-0.3, -0.25) is 4.79 Å². The highest BCUT2D eigenvalue weighted by Crippen LogP contribution is 2.66. The van der Waals surface area contributed by atoms with Crippen LogP contribution in [0.3, 0.4) is 0 Å². The molecule has 0 amide bonds. The predicted octanol–water partition coefficient (Wildman–Crippen LogP) is 4.89. The average molecular weight is 460 g/mol. The molecule has 1 aromatic carbocycles. The van der Waals surface area contributed by atoms with Gasteiger partial charge in [0.25, 0.3) is 0 Å². The lowest BCUT2D eigenvalue weighted by Crippen LogP contribution is -2.50. The van der Waals surface area contributed by atoms with Gasteiger partial charge in [-0.1, -0.05) is 30.6 Å². The number of terminal acetylenes is 1. The zero-order chi connectivity index (χ0) is 24.1. The number of nitrogens with zero attached hydrogens (tertiary/aromatic N) is 1. The molecule has 34 heavy (non-hydrogen) atoms. The largest absolute Gasteiger partial charge is 0.492 e. The van der Waals surface area contributed by atoms with Crippen LogP contribution in [0.4, 0.5) is 0 Å². The summed E-state index contributed by atoms with van der Waals surface area (Å²) in [5.41, 5.74) is 4.09. The van der Waals surface area contributed by atoms with Crippen LogP contribution < -0.4 is 4.74 Å². The van der Waals surface area contributed by atoms with E-state index in [0.29, 0.717) is 31.3 Å². The predicted molar refractivity (Wildman–Crippen MR) is 135 cm³/mol. The molecule has 1 aromatic rings. The number of carbonyl (C=O) groups excluding carboxylic acids is 1. The first-order valence-electron chi connectivity index (χ1n) is 12.8. The SMILES string of the molecule is C#C[C@]1(O)CC[C@H]2[C@@H]3CCC4=CC(=O)CCC4=C3[C@@H](c3ccc(OCCN(C)C)cc3)C[C@@]21C. The zero-order valence-electron chi connectivity index (χ0n) is 20.8. The molecule has 2 fully saturated rings. The first-order chi connectivity index (χ1) is 16.3. The van der Waals surface area contributed by atoms with E-state index in [2.05, 4.69) is 42.0 Å². The van der Waals surface area contributed by atoms with E-state index in [1.54, 1.807) is 0 Å². The second-order valence-electron chi connectivity index (χ2n) is 11.3. The van der Waals surface area contributed by atoms with Crippen molar-refractivity contribution in [1.82, 2.24) is 4.90 Å². The van der Waals surface area contributed by atoms with Gasteiger partial charge in [0.15, 0.2) is 5.78 Å². The molecule has 0 saturated heterocycles. The third-order valence-electron chi connectivity index (χ3n) is 9.21. The molecule has 0 bridgehead atoms. The monoisotopic (exact) mass is 459 g/mol. The quantitative estimate of drug-likeness (QED) is 0.637. The number of carbonyl (C=O) groups is 1. The second kappa shape index (κ2) is 8.70. The van der Waals surface area contributed by atoms with Crippen molar-refractivity contribution in [3.63, 3.8) is 0 Å². The number of hydrogen-bond acceptors (Lipinski definition) is 4. The molecule has 4 aliphatic rings. The highest BCUT2D eigenvalue weighted by molar-refractivity contribution is 5.93. The molecule has 5 rings (SSSR count). The summed E-state index contributed by atoms with van der Waals surface area (Å²) in [6.45, 7) is 3.76. The molecule has 0 heterocycles. The Bertz CT molecular complexity index is 1080. The molecule has 180 valence electrons. The molecule has 4 aliphatic carbocycles. The van der Waals surface area contributed by atoms with E-state index in [1.165, 1.54) is 22.3 Å². The summed E-state index contributed by atoms with van der Waals surface area (Å²) < 4.78 is 5.94. The van der Waals surface area contributed by atoms with E-state index in [0.717, 1.165) is 44.4 Å². The minimum atomic E-state index is -1.06. The molecule has 4 heteroatoms. The summed E-state index contributed by atoms with van der Waals surface area (Å²) in [6.07, 6.45) is 13.8. The van der Waals surface area contributed by atoms with E-state index < -0.39 is 5.60 Å². The van der Waals surface area contributed by atoms with E-state index in [1.807, 2.05) is 20.2 Å². The van der Waals surface area contributed by atoms with Crippen molar-refractivity contribution in [2.24, 2.45) is 17.3 Å². The first kappa shape index (κ1) is 23.4. The fourth-order valence-corrected chi connectivity index (χ4v) is 7.34. The zero-order valence-corrected chi connectivity index (χ0v) is 20.8. The second-order valence-corrected chi connectivity index (χ2v) is 11.3. The third-order valence-corrected chi connectivity index (χ3v) is 9.21. The van der Waals surface area contributed by atoms with Crippen LogP contribution >= 0.6 is 0 Å². The molecule has 0 aliphatic heterocycles. The van der Waals surface area contributed by atoms with Gasteiger partial charge in [-0.2, -0.15) is 0 Å². The molecule has 0 aromatic heterocycles. The van der Waals surface area contributed by atoms with Crippen LogP contribution in [-0.4, -0.2) is 48.6 Å². The van der Waals surface area contributed by atoms with Crippen LogP contribution in [0.2, 0.25) is 0 Å². The number of ketones is 1. The summed E-state index contributed by atoms with van der Waals surface area (Å²) >= 11 is 0. The maximum Gasteiger partial charge on any atom is 0.156 e. The molecular weight excluding hydrogens is 422 g/mol. The number of benzene rings is 1. The van der Waals surface area contributed by atoms with Gasteiger partial charge in [-0.15, -0.1) is 6.42 Å². The van der Waals surface area contributed by atoms with Crippen molar-refractivity contribution < 1.29 is 14.6 Å². The van der Waals surface area contributed by atoms with E-state index >= 15 is 0 Å². The van der Waals surface area contributed by atoms with Crippen LogP contribution in [0.5, 0.6) is 5.75 Å². The standard InChI is InChI=1S/C30H37NO3/c1-5-30(33)15-14-27-25-12-8-21-18-22(32)9-13-24(21)28(25)26(19-29(27,30)2)20-6-10-23(11-7-20)34-17-16-31(3)4/h1,6-7,10-11,18,25-27,33H,8-9,12-17,19H2,2-4H3/t25-,26+,27-,29-,30-/m0/s1. The van der Waals surface area contributed by atoms with Crippen molar-refractivity contribution in [1.29, 1.82) is 0 Å². The Morgan fingerprint density at radius 1 is 1.18 bits per heavy atom. The van der Waals surface area contributed by atoms with Gasteiger partial charge in [-0.25, -0.2) is 0 Å². The number of allylic oxidation sites excluding steroid dienone is 4. The maximum atomic E-state index is 12.2. The lowest BCUT2D eigenvalue weighted by atomic mass is 9.51. The van der Waals surface area contributed by atoms with E-state index in [4.69, 9.17) is 11.2 Å². The van der Waals surface area contributed by atoms with E-state index in [9.17, 15) is 9.90 Å². The Kier molecular flexibility index (Phi) is 5.99. The van der Waals surface area contributed by atoms with Crippen LogP contribution in [0, 0.1) is 29.6 Å². The summed E-state index contributed by atoms with van der Waals surface area (Å²) in [7, 11) is 4.08. The molecule has 2 saturated carbocycles. The fraction of sp³-hybridized carbons (Fsp3) is 0.567. The molecule has 0 unspecified atom stereocenters. The molecule has 1 N–H and O–H groups in total. The fourth-order valence-electron chi connectivity index (χ4n) is 7.34. The molecule has 4 nitrogen and oxygen atoms in total. The number of ether oxygens (including phenoxy) is 1. The highest BCUT2D eigenvalue weighted by atomic mass is 16.5. The van der Waals surface area contributed by atoms with Crippen molar-refractivity contribution in [3.05, 3.63) is 52.6 Å². The minimum Gasteiger partial charge on any atom is -0.492 e. The maximum absolute atomic E-state index is 12.2. The van der Waals surface area contributed by atoms with Crippen LogP contribution in [0.15, 0.2) is 47.1 Å². The molecule has 5 atom stereocenters. The highest BCUT2D eigenvalue weighted by Gasteiger charge is 2.62. The molecule has 0 spiro atoms. The summed E-state index contributed by atoms with van der Waals surface area (Å²) in [5.74, 6) is 4.96. The van der Waals surface area contributed by atoms with Gasteiger partial charge in [0.1, 0.15) is 18.0 Å². The van der Waals surface area contributed by atoms with Crippen molar-refractivity contribution in [3.8, 4) is 18.1 Å². The Labute approximate surface area is 204 Å². The van der Waals surface area contributed by atoms with Crippen LogP contribution in [0.1, 0.15) is 63.4 Å². The van der Waals surface area contributed by atoms with Gasteiger partial charge >= 0.3 is 0 Å². The smallest absolute Gasteiger partial charge is 0.156 e. The van der Waals surface area contributed by atoms with Gasteiger partial charge in [0.05, 0.1) is 0 Å². The van der Waals surface area contributed by atoms with Gasteiger partial charge in [0.2, 0.25) is 0 Å². The minimum absolute atomic E-state index is 0.201. The number of hydrogen-bond donors (Lipinski definition) is 1. The average Bonchev–Trinajstić information content (AvgIpc) is 3.09. The Hall–Kier alpha value is -2.35. The Balaban J connectivity index is 1.54. The van der Waals surface area contributed by atoms with Gasteiger partial charge in [-0.05, 0) is 99.4 Å². The lowest BCUT2D eigenvalue weighted by Gasteiger charge is -2.53. The lowest BCUT2D eigenvalue weighted by molar-refractivity contribution is -0.114.